The highest BCUT2D eigenvalue weighted by Crippen LogP contribution is 2.40. The summed E-state index contributed by atoms with van der Waals surface area (Å²) in [5, 5.41) is 0. The predicted molar refractivity (Wildman–Crippen MR) is 88.5 cm³/mol. The van der Waals surface area contributed by atoms with Gasteiger partial charge in [-0.15, -0.1) is 0 Å². The Hall–Kier alpha value is -0.0400. The van der Waals surface area contributed by atoms with Gasteiger partial charge in [-0.25, -0.2) is 0 Å². The summed E-state index contributed by atoms with van der Waals surface area (Å²) < 4.78 is 0. The van der Waals surface area contributed by atoms with Crippen LogP contribution in [0, 0.1) is 29.1 Å². The molecule has 0 aromatic carbocycles. The lowest BCUT2D eigenvalue weighted by atomic mass is 9.65. The monoisotopic (exact) mass is 269 g/mol. The van der Waals surface area contributed by atoms with E-state index in [2.05, 4.69) is 74.1 Å². The first kappa shape index (κ1) is 19.0. The van der Waals surface area contributed by atoms with Crippen LogP contribution in [0.1, 0.15) is 69.2 Å². The molecule has 0 saturated carbocycles. The minimum Gasteiger partial charge on any atom is -0.300 e. The van der Waals surface area contributed by atoms with E-state index in [9.17, 15) is 0 Å². The Kier molecular flexibility index (Phi) is 7.65. The molecule has 0 amide bonds. The van der Waals surface area contributed by atoms with Gasteiger partial charge in [-0.3, -0.25) is 0 Å². The van der Waals surface area contributed by atoms with Crippen LogP contribution in [0.2, 0.25) is 0 Å². The molecule has 0 spiro atoms. The minimum absolute atomic E-state index is 0.396. The highest BCUT2D eigenvalue weighted by Gasteiger charge is 2.38. The lowest BCUT2D eigenvalue weighted by Crippen LogP contribution is -2.48. The first-order valence-corrected chi connectivity index (χ1v) is 8.26. The molecule has 0 saturated heterocycles. The molecule has 0 aliphatic heterocycles. The van der Waals surface area contributed by atoms with Crippen LogP contribution in [-0.4, -0.2) is 24.0 Å². The number of rotatable bonds is 8. The van der Waals surface area contributed by atoms with E-state index >= 15 is 0 Å². The van der Waals surface area contributed by atoms with Crippen molar-refractivity contribution < 1.29 is 0 Å². The maximum absolute atomic E-state index is 2.68. The summed E-state index contributed by atoms with van der Waals surface area (Å²) in [6.45, 7) is 26.2. The third-order valence-corrected chi connectivity index (χ3v) is 5.23. The molecule has 1 nitrogen and oxygen atoms in total. The van der Waals surface area contributed by atoms with E-state index in [-0.39, 0.29) is 0 Å². The minimum atomic E-state index is 0.396. The summed E-state index contributed by atoms with van der Waals surface area (Å²) in [6.07, 6.45) is 0. The van der Waals surface area contributed by atoms with E-state index in [0.29, 0.717) is 11.5 Å². The molecule has 0 aromatic rings. The highest BCUT2D eigenvalue weighted by atomic mass is 15.2. The van der Waals surface area contributed by atoms with E-state index in [4.69, 9.17) is 0 Å². The van der Waals surface area contributed by atoms with Gasteiger partial charge in [0.05, 0.1) is 0 Å². The van der Waals surface area contributed by atoms with Gasteiger partial charge >= 0.3 is 0 Å². The number of hydrogen-bond acceptors (Lipinski definition) is 1. The SMILES string of the molecule is CC(C)CN(CC(C)(C(C)C)C(C)C(C)C)C(C)C. The fourth-order valence-corrected chi connectivity index (χ4v) is 2.98. The van der Waals surface area contributed by atoms with Crippen molar-refractivity contribution in [3.8, 4) is 0 Å². The second kappa shape index (κ2) is 7.67. The quantitative estimate of drug-likeness (QED) is 0.577. The van der Waals surface area contributed by atoms with E-state index in [1.165, 1.54) is 13.1 Å². The molecule has 1 heteroatoms. The Bertz CT molecular complexity index is 242. The van der Waals surface area contributed by atoms with Crippen molar-refractivity contribution in [1.29, 1.82) is 0 Å². The molecular weight excluding hydrogens is 230 g/mol. The molecule has 2 atom stereocenters. The molecule has 0 heterocycles. The summed E-state index contributed by atoms with van der Waals surface area (Å²) in [5.41, 5.74) is 0.396. The van der Waals surface area contributed by atoms with Crippen LogP contribution < -0.4 is 0 Å². The second-order valence-electron chi connectivity index (χ2n) is 8.11. The maximum atomic E-state index is 2.68. The molecule has 0 fully saturated rings. The first-order chi connectivity index (χ1) is 8.52. The normalized spacial score (nSPS) is 17.8. The summed E-state index contributed by atoms with van der Waals surface area (Å²) in [4.78, 5) is 2.68. The van der Waals surface area contributed by atoms with Crippen molar-refractivity contribution in [1.82, 2.24) is 4.90 Å². The fraction of sp³-hybridized carbons (Fsp3) is 1.00. The lowest BCUT2D eigenvalue weighted by molar-refractivity contribution is 0.0232. The van der Waals surface area contributed by atoms with Crippen molar-refractivity contribution in [3.63, 3.8) is 0 Å². The standard InChI is InChI=1S/C18H39N/c1-13(2)11-19(16(7)8)12-18(10,15(5)6)17(9)14(3)4/h13-17H,11-12H2,1-10H3. The van der Waals surface area contributed by atoms with Gasteiger partial charge in [-0.05, 0) is 42.9 Å². The van der Waals surface area contributed by atoms with Gasteiger partial charge < -0.3 is 4.90 Å². The molecule has 116 valence electrons. The lowest BCUT2D eigenvalue weighted by Gasteiger charge is -2.46. The smallest absolute Gasteiger partial charge is 0.00432 e. The predicted octanol–water partition coefficient (Wildman–Crippen LogP) is 5.31. The van der Waals surface area contributed by atoms with Crippen LogP contribution in [0.3, 0.4) is 0 Å². The average molecular weight is 270 g/mol. The van der Waals surface area contributed by atoms with Crippen molar-refractivity contribution >= 4 is 0 Å². The van der Waals surface area contributed by atoms with Crippen LogP contribution in [0.15, 0.2) is 0 Å². The summed E-state index contributed by atoms with van der Waals surface area (Å²) in [5.74, 6) is 2.97. The van der Waals surface area contributed by atoms with Crippen LogP contribution in [0.4, 0.5) is 0 Å². The molecule has 0 rings (SSSR count). The number of nitrogens with zero attached hydrogens (tertiary/aromatic N) is 1. The van der Waals surface area contributed by atoms with Gasteiger partial charge in [0.15, 0.2) is 0 Å². The van der Waals surface area contributed by atoms with Crippen LogP contribution in [-0.2, 0) is 0 Å². The van der Waals surface area contributed by atoms with Crippen molar-refractivity contribution in [2.24, 2.45) is 29.1 Å². The van der Waals surface area contributed by atoms with E-state index < -0.39 is 0 Å². The third kappa shape index (κ3) is 5.45. The molecule has 0 aromatic heterocycles. The molecule has 2 unspecified atom stereocenters. The van der Waals surface area contributed by atoms with Crippen molar-refractivity contribution in [2.75, 3.05) is 13.1 Å². The second-order valence-corrected chi connectivity index (χ2v) is 8.11. The van der Waals surface area contributed by atoms with Crippen LogP contribution in [0.25, 0.3) is 0 Å². The third-order valence-electron chi connectivity index (χ3n) is 5.23. The molecule has 0 aliphatic rings. The van der Waals surface area contributed by atoms with Crippen LogP contribution in [0.5, 0.6) is 0 Å². The van der Waals surface area contributed by atoms with E-state index in [1.807, 2.05) is 0 Å². The molecular formula is C18H39N. The molecule has 0 bridgehead atoms. The van der Waals surface area contributed by atoms with Crippen LogP contribution >= 0.6 is 0 Å². The molecule has 19 heavy (non-hydrogen) atoms. The number of hydrogen-bond donors (Lipinski definition) is 0. The Morgan fingerprint density at radius 1 is 0.842 bits per heavy atom. The summed E-state index contributed by atoms with van der Waals surface area (Å²) in [7, 11) is 0. The zero-order valence-corrected chi connectivity index (χ0v) is 15.2. The highest BCUT2D eigenvalue weighted by molar-refractivity contribution is 4.88. The average Bonchev–Trinajstić information content (AvgIpc) is 2.25. The van der Waals surface area contributed by atoms with E-state index in [1.54, 1.807) is 0 Å². The van der Waals surface area contributed by atoms with Gasteiger partial charge in [-0.2, -0.15) is 0 Å². The first-order valence-electron chi connectivity index (χ1n) is 8.26. The van der Waals surface area contributed by atoms with Crippen molar-refractivity contribution in [3.05, 3.63) is 0 Å². The largest absolute Gasteiger partial charge is 0.300 e. The van der Waals surface area contributed by atoms with Gasteiger partial charge in [0.25, 0.3) is 0 Å². The van der Waals surface area contributed by atoms with Gasteiger partial charge in [-0.1, -0.05) is 55.4 Å². The summed E-state index contributed by atoms with van der Waals surface area (Å²) in [6, 6.07) is 0.639. The maximum Gasteiger partial charge on any atom is 0.00432 e. The van der Waals surface area contributed by atoms with Gasteiger partial charge in [0, 0.05) is 19.1 Å². The Labute approximate surface area is 123 Å². The topological polar surface area (TPSA) is 3.24 Å². The molecule has 0 aliphatic carbocycles. The van der Waals surface area contributed by atoms with Gasteiger partial charge in [0.2, 0.25) is 0 Å². The zero-order valence-electron chi connectivity index (χ0n) is 15.2. The van der Waals surface area contributed by atoms with Gasteiger partial charge in [0.1, 0.15) is 0 Å². The van der Waals surface area contributed by atoms with E-state index in [0.717, 1.165) is 23.7 Å². The zero-order chi connectivity index (χ0) is 15.4. The Morgan fingerprint density at radius 3 is 1.58 bits per heavy atom. The Balaban J connectivity index is 5.08. The molecule has 0 radical (unpaired) electrons. The van der Waals surface area contributed by atoms with Crippen molar-refractivity contribution in [2.45, 2.75) is 75.3 Å². The summed E-state index contributed by atoms with van der Waals surface area (Å²) >= 11 is 0. The Morgan fingerprint density at radius 2 is 1.32 bits per heavy atom. The fourth-order valence-electron chi connectivity index (χ4n) is 2.98. The molecule has 0 N–H and O–H groups in total.